The second kappa shape index (κ2) is 10.2. The minimum Gasteiger partial charge on any atom is -0.421 e. The molecule has 1 amide bonds. The molecule has 4 rings (SSSR count). The number of amides is 1. The van der Waals surface area contributed by atoms with Crippen molar-refractivity contribution in [2.24, 2.45) is 0 Å². The van der Waals surface area contributed by atoms with Gasteiger partial charge in [-0.3, -0.25) is 4.79 Å². The number of nitrogens with one attached hydrogen (secondary N) is 1. The minimum absolute atomic E-state index is 0.0247. The van der Waals surface area contributed by atoms with Crippen LogP contribution in [0.25, 0.3) is 22.4 Å². The fourth-order valence-corrected chi connectivity index (χ4v) is 3.77. The highest BCUT2D eigenvalue weighted by Crippen LogP contribution is 2.38. The minimum atomic E-state index is -0.616. The molecular formula is C27H23FN6O2. The first-order valence-corrected chi connectivity index (χ1v) is 11.0. The summed E-state index contributed by atoms with van der Waals surface area (Å²) in [5.74, 6) is 4.21. The number of halogens is 1. The quantitative estimate of drug-likeness (QED) is 0.385. The van der Waals surface area contributed by atoms with Gasteiger partial charge in [-0.15, -0.1) is 0 Å². The maximum absolute atomic E-state index is 15.0. The molecule has 0 aliphatic rings. The summed E-state index contributed by atoms with van der Waals surface area (Å²) in [5, 5.41) is 2.81. The van der Waals surface area contributed by atoms with Crippen LogP contribution in [0.4, 0.5) is 15.9 Å². The molecule has 8 nitrogen and oxygen atoms in total. The number of nitrogens with zero attached hydrogens (tertiary/aromatic N) is 4. The summed E-state index contributed by atoms with van der Waals surface area (Å²) in [6.07, 6.45) is 2.89. The van der Waals surface area contributed by atoms with Gasteiger partial charge in [0, 0.05) is 23.1 Å². The van der Waals surface area contributed by atoms with Gasteiger partial charge in [0.15, 0.2) is 11.6 Å². The van der Waals surface area contributed by atoms with Crippen LogP contribution in [0.2, 0.25) is 0 Å². The molecule has 180 valence electrons. The van der Waals surface area contributed by atoms with Crippen molar-refractivity contribution in [3.05, 3.63) is 71.6 Å². The summed E-state index contributed by atoms with van der Waals surface area (Å²) in [7, 11) is 0. The van der Waals surface area contributed by atoms with Crippen molar-refractivity contribution in [1.29, 1.82) is 0 Å². The zero-order valence-corrected chi connectivity index (χ0v) is 20.2. The van der Waals surface area contributed by atoms with Crippen molar-refractivity contribution in [1.82, 2.24) is 19.9 Å². The summed E-state index contributed by atoms with van der Waals surface area (Å²) >= 11 is 0. The summed E-state index contributed by atoms with van der Waals surface area (Å²) in [6, 6.07) is 9.97. The monoisotopic (exact) mass is 482 g/mol. The van der Waals surface area contributed by atoms with E-state index in [4.69, 9.17) is 10.5 Å². The third-order valence-corrected chi connectivity index (χ3v) is 5.35. The zero-order chi connectivity index (χ0) is 25.8. The van der Waals surface area contributed by atoms with E-state index in [1.165, 1.54) is 24.7 Å². The van der Waals surface area contributed by atoms with Crippen molar-refractivity contribution in [3.63, 3.8) is 0 Å². The largest absolute Gasteiger partial charge is 0.421 e. The molecule has 3 N–H and O–H groups in total. The Kier molecular flexibility index (Phi) is 6.88. The summed E-state index contributed by atoms with van der Waals surface area (Å²) in [6.45, 7) is 7.13. The number of nitrogens with two attached hydrogens (primary N) is 1. The van der Waals surface area contributed by atoms with Gasteiger partial charge in [0.1, 0.15) is 12.1 Å². The third-order valence-electron chi connectivity index (χ3n) is 5.35. The van der Waals surface area contributed by atoms with Gasteiger partial charge in [0.05, 0.1) is 11.3 Å². The van der Waals surface area contributed by atoms with Crippen LogP contribution >= 0.6 is 0 Å². The standard InChI is InChI=1S/C27H23FN6O2/c1-5-6-22(35)34-24-15(2)11-19(12-16(24)3)25-23(26(29)32-14-31-25)18-7-8-21(20(28)13-18)36-27-30-10-9-17(4)33-27/h7-14H,1-4H3,(H,34,35)(H2,29,31,32). The molecule has 36 heavy (non-hydrogen) atoms. The molecule has 0 radical (unpaired) electrons. The van der Waals surface area contributed by atoms with E-state index in [0.717, 1.165) is 16.7 Å². The van der Waals surface area contributed by atoms with Gasteiger partial charge in [-0.2, -0.15) is 0 Å². The number of rotatable bonds is 5. The Bertz CT molecular complexity index is 1520. The molecular weight excluding hydrogens is 459 g/mol. The van der Waals surface area contributed by atoms with Crippen LogP contribution in [0.5, 0.6) is 11.8 Å². The maximum Gasteiger partial charge on any atom is 0.322 e. The number of anilines is 2. The molecule has 0 bridgehead atoms. The predicted octanol–water partition coefficient (Wildman–Crippen LogP) is 5.00. The maximum atomic E-state index is 15.0. The van der Waals surface area contributed by atoms with Crippen LogP contribution in [0.1, 0.15) is 23.7 Å². The molecule has 0 spiro atoms. The van der Waals surface area contributed by atoms with E-state index < -0.39 is 11.7 Å². The topological polar surface area (TPSA) is 116 Å². The molecule has 0 unspecified atom stereocenters. The molecule has 0 aliphatic carbocycles. The van der Waals surface area contributed by atoms with Crippen molar-refractivity contribution >= 4 is 17.4 Å². The van der Waals surface area contributed by atoms with Gasteiger partial charge in [-0.05, 0) is 80.6 Å². The second-order valence-corrected chi connectivity index (χ2v) is 8.02. The lowest BCUT2D eigenvalue weighted by atomic mass is 9.96. The van der Waals surface area contributed by atoms with Crippen LogP contribution in [0.3, 0.4) is 0 Å². The number of nitrogen functional groups attached to an aromatic ring is 1. The normalized spacial score (nSPS) is 10.4. The zero-order valence-electron chi connectivity index (χ0n) is 20.2. The van der Waals surface area contributed by atoms with Gasteiger partial charge in [0.2, 0.25) is 0 Å². The highest BCUT2D eigenvalue weighted by atomic mass is 19.1. The first kappa shape index (κ1) is 24.3. The number of hydrogen-bond acceptors (Lipinski definition) is 7. The lowest BCUT2D eigenvalue weighted by Crippen LogP contribution is -2.11. The molecule has 9 heteroatoms. The Morgan fingerprint density at radius 3 is 2.44 bits per heavy atom. The van der Waals surface area contributed by atoms with E-state index in [2.05, 4.69) is 37.1 Å². The Morgan fingerprint density at radius 1 is 1.03 bits per heavy atom. The molecule has 0 aliphatic heterocycles. The van der Waals surface area contributed by atoms with Crippen LogP contribution in [-0.4, -0.2) is 25.8 Å². The predicted molar refractivity (Wildman–Crippen MR) is 136 cm³/mol. The van der Waals surface area contributed by atoms with Crippen molar-refractivity contribution in [2.75, 3.05) is 11.1 Å². The van der Waals surface area contributed by atoms with E-state index in [1.807, 2.05) is 26.0 Å². The van der Waals surface area contributed by atoms with E-state index in [-0.39, 0.29) is 17.6 Å². The van der Waals surface area contributed by atoms with Crippen molar-refractivity contribution < 1.29 is 13.9 Å². The third kappa shape index (κ3) is 5.13. The van der Waals surface area contributed by atoms with E-state index in [1.54, 1.807) is 26.0 Å². The number of ether oxygens (including phenoxy) is 1. The van der Waals surface area contributed by atoms with Gasteiger partial charge in [-0.1, -0.05) is 12.0 Å². The Balaban J connectivity index is 1.73. The fraction of sp³-hybridized carbons (Fsp3) is 0.148. The van der Waals surface area contributed by atoms with Crippen LogP contribution in [0.15, 0.2) is 48.9 Å². The van der Waals surface area contributed by atoms with Gasteiger partial charge < -0.3 is 15.8 Å². The molecule has 0 fully saturated rings. The number of aryl methyl sites for hydroxylation is 3. The van der Waals surface area contributed by atoms with Gasteiger partial charge in [-0.25, -0.2) is 24.3 Å². The smallest absolute Gasteiger partial charge is 0.322 e. The lowest BCUT2D eigenvalue weighted by molar-refractivity contribution is -0.111. The molecule has 0 saturated heterocycles. The Morgan fingerprint density at radius 2 is 1.78 bits per heavy atom. The Hall–Kier alpha value is -4.84. The van der Waals surface area contributed by atoms with Gasteiger partial charge >= 0.3 is 6.01 Å². The van der Waals surface area contributed by atoms with E-state index in [0.29, 0.717) is 28.2 Å². The fourth-order valence-electron chi connectivity index (χ4n) is 3.77. The van der Waals surface area contributed by atoms with Crippen LogP contribution in [-0.2, 0) is 4.79 Å². The molecule has 2 aromatic heterocycles. The first-order valence-electron chi connectivity index (χ1n) is 11.0. The first-order chi connectivity index (χ1) is 17.3. The number of benzene rings is 2. The highest BCUT2D eigenvalue weighted by molar-refractivity contribution is 6.05. The van der Waals surface area contributed by atoms with E-state index in [9.17, 15) is 4.79 Å². The number of aromatic nitrogens is 4. The molecule has 4 aromatic rings. The number of carbonyl (C=O) groups is 1. The van der Waals surface area contributed by atoms with E-state index >= 15 is 4.39 Å². The van der Waals surface area contributed by atoms with Gasteiger partial charge in [0.25, 0.3) is 5.91 Å². The molecule has 2 aromatic carbocycles. The number of carbonyl (C=O) groups excluding carboxylic acids is 1. The summed E-state index contributed by atoms with van der Waals surface area (Å²) < 4.78 is 20.6. The molecule has 2 heterocycles. The Labute approximate surface area is 207 Å². The van der Waals surface area contributed by atoms with Crippen molar-refractivity contribution in [2.45, 2.75) is 27.7 Å². The number of hydrogen-bond donors (Lipinski definition) is 2. The SMILES string of the molecule is CC#CC(=O)Nc1c(C)cc(-c2ncnc(N)c2-c2ccc(Oc3nccc(C)n3)c(F)c2)cc1C. The van der Waals surface area contributed by atoms with Crippen LogP contribution in [0, 0.1) is 38.4 Å². The summed E-state index contributed by atoms with van der Waals surface area (Å²) in [5.41, 5.74) is 11.4. The average Bonchev–Trinajstić information content (AvgIpc) is 2.83. The molecule has 0 saturated carbocycles. The average molecular weight is 483 g/mol. The highest BCUT2D eigenvalue weighted by Gasteiger charge is 2.18. The summed E-state index contributed by atoms with van der Waals surface area (Å²) in [4.78, 5) is 28.7. The second-order valence-electron chi connectivity index (χ2n) is 8.02. The van der Waals surface area contributed by atoms with Crippen LogP contribution < -0.4 is 15.8 Å². The molecule has 0 atom stereocenters. The lowest BCUT2D eigenvalue weighted by Gasteiger charge is -2.16. The van der Waals surface area contributed by atoms with Crippen molar-refractivity contribution in [3.8, 4) is 46.0 Å².